The van der Waals surface area contributed by atoms with Crippen molar-refractivity contribution in [1.82, 2.24) is 9.97 Å². The van der Waals surface area contributed by atoms with Gasteiger partial charge in [-0.25, -0.2) is 9.78 Å². The number of benzene rings is 2. The van der Waals surface area contributed by atoms with Gasteiger partial charge < -0.3 is 4.74 Å². The average Bonchev–Trinajstić information content (AvgIpc) is 3.11. The number of hydrogen-bond donors (Lipinski definition) is 0. The van der Waals surface area contributed by atoms with Crippen LogP contribution in [0.1, 0.15) is 10.4 Å². The van der Waals surface area contributed by atoms with E-state index in [1.807, 2.05) is 48.5 Å². The highest BCUT2D eigenvalue weighted by Gasteiger charge is 2.16. The van der Waals surface area contributed by atoms with E-state index in [-0.39, 0.29) is 5.97 Å². The molecule has 25 heavy (non-hydrogen) atoms. The quantitative estimate of drug-likeness (QED) is 0.499. The number of nitrogens with zero attached hydrogens (tertiary/aromatic N) is 2. The normalized spacial score (nSPS) is 10.8. The molecule has 0 bridgehead atoms. The predicted molar refractivity (Wildman–Crippen MR) is 99.6 cm³/mol. The summed E-state index contributed by atoms with van der Waals surface area (Å²) in [5.74, 6) is -0.368. The van der Waals surface area contributed by atoms with Crippen LogP contribution in [-0.2, 0) is 4.74 Å². The van der Waals surface area contributed by atoms with Crippen LogP contribution in [0, 0.1) is 0 Å². The summed E-state index contributed by atoms with van der Waals surface area (Å²) in [6, 6.07) is 19.2. The SMILES string of the molecule is COC(=O)c1ccc(-c2nc3ccccc3s2)c(-c2ccccn2)c1. The molecule has 0 radical (unpaired) electrons. The summed E-state index contributed by atoms with van der Waals surface area (Å²) in [4.78, 5) is 21.1. The number of para-hydroxylation sites is 1. The van der Waals surface area contributed by atoms with Crippen molar-refractivity contribution < 1.29 is 9.53 Å². The first kappa shape index (κ1) is 15.5. The lowest BCUT2D eigenvalue weighted by atomic mass is 10.0. The molecule has 0 saturated carbocycles. The van der Waals surface area contributed by atoms with Crippen molar-refractivity contribution in [3.63, 3.8) is 0 Å². The largest absolute Gasteiger partial charge is 0.465 e. The van der Waals surface area contributed by atoms with Gasteiger partial charge in [0.1, 0.15) is 5.01 Å². The molecule has 0 N–H and O–H groups in total. The van der Waals surface area contributed by atoms with Crippen molar-refractivity contribution >= 4 is 27.5 Å². The number of ether oxygens (including phenoxy) is 1. The Balaban J connectivity index is 1.93. The van der Waals surface area contributed by atoms with Gasteiger partial charge in [-0.2, -0.15) is 0 Å². The molecule has 0 aliphatic carbocycles. The molecule has 0 spiro atoms. The number of carbonyl (C=O) groups excluding carboxylic acids is 1. The number of fused-ring (bicyclic) bond motifs is 1. The number of esters is 1. The van der Waals surface area contributed by atoms with Crippen molar-refractivity contribution in [3.8, 4) is 21.8 Å². The lowest BCUT2D eigenvalue weighted by Gasteiger charge is -2.09. The molecule has 0 amide bonds. The fourth-order valence-electron chi connectivity index (χ4n) is 2.70. The molecule has 4 rings (SSSR count). The summed E-state index contributed by atoms with van der Waals surface area (Å²) in [5, 5.41) is 0.901. The van der Waals surface area contributed by atoms with Gasteiger partial charge in [0.15, 0.2) is 0 Å². The number of hydrogen-bond acceptors (Lipinski definition) is 5. The minimum atomic E-state index is -0.368. The Bertz CT molecular complexity index is 1020. The van der Waals surface area contributed by atoms with E-state index in [1.165, 1.54) is 7.11 Å². The third-order valence-electron chi connectivity index (χ3n) is 3.91. The summed E-state index contributed by atoms with van der Waals surface area (Å²) >= 11 is 1.62. The maximum Gasteiger partial charge on any atom is 0.337 e. The van der Waals surface area contributed by atoms with Crippen molar-refractivity contribution in [2.75, 3.05) is 7.11 Å². The van der Waals surface area contributed by atoms with E-state index < -0.39 is 0 Å². The van der Waals surface area contributed by atoms with Crippen LogP contribution in [0.2, 0.25) is 0 Å². The molecule has 4 nitrogen and oxygen atoms in total. The zero-order valence-electron chi connectivity index (χ0n) is 13.5. The van der Waals surface area contributed by atoms with Gasteiger partial charge in [0.25, 0.3) is 0 Å². The lowest BCUT2D eigenvalue weighted by Crippen LogP contribution is -2.02. The first-order chi connectivity index (χ1) is 12.3. The summed E-state index contributed by atoms with van der Waals surface area (Å²) in [6.07, 6.45) is 1.74. The Morgan fingerprint density at radius 1 is 1.00 bits per heavy atom. The first-order valence-electron chi connectivity index (χ1n) is 7.76. The Morgan fingerprint density at radius 3 is 2.60 bits per heavy atom. The van der Waals surface area contributed by atoms with Crippen LogP contribution in [0.25, 0.3) is 32.0 Å². The molecule has 0 saturated heterocycles. The van der Waals surface area contributed by atoms with E-state index in [0.717, 1.165) is 32.0 Å². The third kappa shape index (κ3) is 2.90. The maximum absolute atomic E-state index is 11.9. The fourth-order valence-corrected chi connectivity index (χ4v) is 3.70. The van der Waals surface area contributed by atoms with Crippen molar-refractivity contribution in [2.45, 2.75) is 0 Å². The molecule has 0 aliphatic heterocycles. The first-order valence-corrected chi connectivity index (χ1v) is 8.57. The molecule has 2 aromatic heterocycles. The van der Waals surface area contributed by atoms with Crippen LogP contribution < -0.4 is 0 Å². The highest BCUT2D eigenvalue weighted by atomic mass is 32.1. The highest BCUT2D eigenvalue weighted by Crippen LogP contribution is 2.36. The van der Waals surface area contributed by atoms with Crippen LogP contribution in [0.5, 0.6) is 0 Å². The van der Waals surface area contributed by atoms with Crippen LogP contribution >= 0.6 is 11.3 Å². The summed E-state index contributed by atoms with van der Waals surface area (Å²) < 4.78 is 5.97. The molecule has 0 aliphatic rings. The van der Waals surface area contributed by atoms with Gasteiger partial charge in [0.05, 0.1) is 28.6 Å². The predicted octanol–water partition coefficient (Wildman–Crippen LogP) is 4.81. The second-order valence-corrected chi connectivity index (χ2v) is 6.48. The molecule has 5 heteroatoms. The van der Waals surface area contributed by atoms with Gasteiger partial charge >= 0.3 is 5.97 Å². The second-order valence-electron chi connectivity index (χ2n) is 5.45. The van der Waals surface area contributed by atoms with Crippen molar-refractivity contribution in [2.24, 2.45) is 0 Å². The average molecular weight is 346 g/mol. The third-order valence-corrected chi connectivity index (χ3v) is 4.98. The van der Waals surface area contributed by atoms with Gasteiger partial charge in [-0.15, -0.1) is 11.3 Å². The number of methoxy groups -OCH3 is 1. The lowest BCUT2D eigenvalue weighted by molar-refractivity contribution is 0.0601. The zero-order valence-corrected chi connectivity index (χ0v) is 14.3. The summed E-state index contributed by atoms with van der Waals surface area (Å²) in [7, 11) is 1.38. The van der Waals surface area contributed by atoms with Gasteiger partial charge in [-0.3, -0.25) is 4.98 Å². The molecule has 0 atom stereocenters. The Hall–Kier alpha value is -3.05. The minimum absolute atomic E-state index is 0.368. The number of rotatable bonds is 3. The molecule has 122 valence electrons. The van der Waals surface area contributed by atoms with E-state index >= 15 is 0 Å². The highest BCUT2D eigenvalue weighted by molar-refractivity contribution is 7.21. The molecule has 4 aromatic rings. The van der Waals surface area contributed by atoms with E-state index in [1.54, 1.807) is 23.6 Å². The second kappa shape index (κ2) is 6.45. The molecule has 0 fully saturated rings. The maximum atomic E-state index is 11.9. The molecular weight excluding hydrogens is 332 g/mol. The zero-order chi connectivity index (χ0) is 17.2. The van der Waals surface area contributed by atoms with E-state index in [9.17, 15) is 4.79 Å². The fraction of sp³-hybridized carbons (Fsp3) is 0.0500. The van der Waals surface area contributed by atoms with Crippen LogP contribution in [0.3, 0.4) is 0 Å². The monoisotopic (exact) mass is 346 g/mol. The summed E-state index contributed by atoms with van der Waals surface area (Å²) in [6.45, 7) is 0. The van der Waals surface area contributed by atoms with Gasteiger partial charge in [-0.1, -0.05) is 24.3 Å². The number of pyridine rings is 1. The van der Waals surface area contributed by atoms with Gasteiger partial charge in [0, 0.05) is 17.3 Å². The van der Waals surface area contributed by atoms with E-state index in [0.29, 0.717) is 5.56 Å². The molecular formula is C20H14N2O2S. The Labute approximate surface area is 148 Å². The molecule has 0 unspecified atom stereocenters. The smallest absolute Gasteiger partial charge is 0.337 e. The Kier molecular flexibility index (Phi) is 3.99. The van der Waals surface area contributed by atoms with Crippen LogP contribution in [0.15, 0.2) is 66.9 Å². The van der Waals surface area contributed by atoms with E-state index in [4.69, 9.17) is 9.72 Å². The van der Waals surface area contributed by atoms with Crippen molar-refractivity contribution in [3.05, 3.63) is 72.4 Å². The number of thiazole rings is 1. The standard InChI is InChI=1S/C20H14N2O2S/c1-24-20(23)13-9-10-14(15(12-13)16-6-4-5-11-21-16)19-22-17-7-2-3-8-18(17)25-19/h2-12H,1H3. The molecule has 2 heterocycles. The minimum Gasteiger partial charge on any atom is -0.465 e. The molecule has 2 aromatic carbocycles. The van der Waals surface area contributed by atoms with Gasteiger partial charge in [0.2, 0.25) is 0 Å². The van der Waals surface area contributed by atoms with Crippen LogP contribution in [0.4, 0.5) is 0 Å². The topological polar surface area (TPSA) is 52.1 Å². The van der Waals surface area contributed by atoms with E-state index in [2.05, 4.69) is 11.1 Å². The number of aromatic nitrogens is 2. The van der Waals surface area contributed by atoms with Crippen LogP contribution in [-0.4, -0.2) is 23.0 Å². The summed E-state index contributed by atoms with van der Waals surface area (Å²) in [5.41, 5.74) is 4.07. The Morgan fingerprint density at radius 2 is 1.84 bits per heavy atom. The van der Waals surface area contributed by atoms with Crippen molar-refractivity contribution in [1.29, 1.82) is 0 Å². The van der Waals surface area contributed by atoms with Gasteiger partial charge in [-0.05, 0) is 36.4 Å². The number of carbonyl (C=O) groups is 1.